The van der Waals surface area contributed by atoms with E-state index in [0.29, 0.717) is 12.1 Å². The van der Waals surface area contributed by atoms with Crippen LogP contribution in [-0.4, -0.2) is 28.0 Å². The highest BCUT2D eigenvalue weighted by atomic mass is 16.3. The number of amides is 1. The molecule has 1 aliphatic rings. The molecule has 0 bridgehead atoms. The molecule has 1 saturated carbocycles. The summed E-state index contributed by atoms with van der Waals surface area (Å²) in [7, 11) is 0. The van der Waals surface area contributed by atoms with E-state index in [0.717, 1.165) is 42.9 Å². The van der Waals surface area contributed by atoms with E-state index >= 15 is 0 Å². The van der Waals surface area contributed by atoms with Crippen molar-refractivity contribution in [2.24, 2.45) is 0 Å². The molecule has 2 aromatic heterocycles. The topological polar surface area (TPSA) is 80.0 Å². The minimum absolute atomic E-state index is 0.0805. The number of carbonyl (C=O) groups is 1. The average Bonchev–Trinajstić information content (AvgIpc) is 3.11. The number of aryl methyl sites for hydroxylation is 2. The number of aromatic nitrogens is 2. The first kappa shape index (κ1) is 16.5. The van der Waals surface area contributed by atoms with Gasteiger partial charge in [-0.05, 0) is 32.8 Å². The zero-order valence-corrected chi connectivity index (χ0v) is 14.3. The van der Waals surface area contributed by atoms with Crippen LogP contribution in [0.3, 0.4) is 0 Å². The Morgan fingerprint density at radius 1 is 1.29 bits per heavy atom. The number of hydrogen-bond acceptors (Lipinski definition) is 5. The largest absolute Gasteiger partial charge is 0.472 e. The van der Waals surface area contributed by atoms with Gasteiger partial charge in [0, 0.05) is 18.3 Å². The molecular formula is C18H24N4O2. The van der Waals surface area contributed by atoms with Gasteiger partial charge in [0.1, 0.15) is 17.9 Å². The summed E-state index contributed by atoms with van der Waals surface area (Å²) in [5.74, 6) is 1.50. The number of nitrogens with one attached hydrogen (secondary N) is 2. The fourth-order valence-corrected chi connectivity index (χ4v) is 3.24. The molecule has 1 fully saturated rings. The first-order chi connectivity index (χ1) is 11.6. The molecule has 24 heavy (non-hydrogen) atoms. The normalized spacial score (nSPS) is 16.6. The number of furan rings is 1. The van der Waals surface area contributed by atoms with Crippen molar-refractivity contribution in [1.29, 1.82) is 0 Å². The van der Waals surface area contributed by atoms with Gasteiger partial charge in [-0.25, -0.2) is 9.97 Å². The van der Waals surface area contributed by atoms with Gasteiger partial charge >= 0.3 is 0 Å². The Bertz CT molecular complexity index is 691. The molecule has 2 heterocycles. The highest BCUT2D eigenvalue weighted by Crippen LogP contribution is 2.29. The summed E-state index contributed by atoms with van der Waals surface area (Å²) in [6, 6.07) is 1.69. The van der Waals surface area contributed by atoms with Crippen LogP contribution in [0.25, 0.3) is 0 Å². The van der Waals surface area contributed by atoms with Gasteiger partial charge in [-0.1, -0.05) is 19.3 Å². The SMILES string of the molecule is Cc1ncc(C)c(NCC2(NC(=O)c3ccoc3)CCCCC2)n1. The third kappa shape index (κ3) is 3.75. The van der Waals surface area contributed by atoms with Gasteiger partial charge in [-0.3, -0.25) is 4.79 Å². The molecule has 0 radical (unpaired) electrons. The maximum atomic E-state index is 12.5. The second-order valence-corrected chi connectivity index (χ2v) is 6.61. The zero-order chi connectivity index (χ0) is 17.0. The average molecular weight is 328 g/mol. The summed E-state index contributed by atoms with van der Waals surface area (Å²) in [6.07, 6.45) is 10.2. The van der Waals surface area contributed by atoms with Gasteiger partial charge in [-0.15, -0.1) is 0 Å². The standard InChI is InChI=1S/C18H24N4O2/c1-13-10-19-14(2)21-16(13)20-12-18(7-4-3-5-8-18)22-17(23)15-6-9-24-11-15/h6,9-11H,3-5,7-8,12H2,1-2H3,(H,22,23)(H,19,20,21). The van der Waals surface area contributed by atoms with E-state index in [1.165, 1.54) is 18.9 Å². The summed E-state index contributed by atoms with van der Waals surface area (Å²) in [5.41, 5.74) is 1.32. The van der Waals surface area contributed by atoms with E-state index in [4.69, 9.17) is 4.42 Å². The van der Waals surface area contributed by atoms with Gasteiger partial charge in [0.2, 0.25) is 0 Å². The lowest BCUT2D eigenvalue weighted by Crippen LogP contribution is -2.54. The molecular weight excluding hydrogens is 304 g/mol. The summed E-state index contributed by atoms with van der Waals surface area (Å²) < 4.78 is 5.02. The third-order valence-electron chi connectivity index (χ3n) is 4.66. The minimum Gasteiger partial charge on any atom is -0.472 e. The first-order valence-electron chi connectivity index (χ1n) is 8.47. The first-order valence-corrected chi connectivity index (χ1v) is 8.47. The van der Waals surface area contributed by atoms with Crippen LogP contribution in [0.15, 0.2) is 29.2 Å². The van der Waals surface area contributed by atoms with Crippen LogP contribution >= 0.6 is 0 Å². The molecule has 2 aromatic rings. The molecule has 1 aliphatic carbocycles. The monoisotopic (exact) mass is 328 g/mol. The molecule has 6 nitrogen and oxygen atoms in total. The summed E-state index contributed by atoms with van der Waals surface area (Å²) >= 11 is 0. The predicted octanol–water partition coefficient (Wildman–Crippen LogP) is 3.23. The Labute approximate surface area is 142 Å². The maximum Gasteiger partial charge on any atom is 0.255 e. The summed E-state index contributed by atoms with van der Waals surface area (Å²) in [4.78, 5) is 21.2. The van der Waals surface area contributed by atoms with Gasteiger partial charge in [0.05, 0.1) is 17.4 Å². The number of nitrogens with zero attached hydrogens (tertiary/aromatic N) is 2. The van der Waals surface area contributed by atoms with Crippen LogP contribution in [0.2, 0.25) is 0 Å². The molecule has 0 atom stereocenters. The van der Waals surface area contributed by atoms with E-state index in [-0.39, 0.29) is 11.4 Å². The third-order valence-corrected chi connectivity index (χ3v) is 4.66. The van der Waals surface area contributed by atoms with Crippen molar-refractivity contribution >= 4 is 11.7 Å². The zero-order valence-electron chi connectivity index (χ0n) is 14.3. The molecule has 6 heteroatoms. The highest BCUT2D eigenvalue weighted by Gasteiger charge is 2.34. The van der Waals surface area contributed by atoms with Crippen molar-refractivity contribution in [3.05, 3.63) is 41.7 Å². The molecule has 0 spiro atoms. The van der Waals surface area contributed by atoms with Crippen molar-refractivity contribution in [2.45, 2.75) is 51.5 Å². The lowest BCUT2D eigenvalue weighted by molar-refractivity contribution is 0.0877. The Morgan fingerprint density at radius 3 is 2.79 bits per heavy atom. The predicted molar refractivity (Wildman–Crippen MR) is 92.0 cm³/mol. The van der Waals surface area contributed by atoms with Crippen LogP contribution in [-0.2, 0) is 0 Å². The Hall–Kier alpha value is -2.37. The van der Waals surface area contributed by atoms with Gasteiger partial charge in [0.25, 0.3) is 5.91 Å². The van der Waals surface area contributed by atoms with Crippen LogP contribution in [0, 0.1) is 13.8 Å². The second kappa shape index (κ2) is 7.03. The molecule has 0 aliphatic heterocycles. The fraction of sp³-hybridized carbons (Fsp3) is 0.500. The van der Waals surface area contributed by atoms with Crippen molar-refractivity contribution in [2.75, 3.05) is 11.9 Å². The van der Waals surface area contributed by atoms with Crippen LogP contribution < -0.4 is 10.6 Å². The van der Waals surface area contributed by atoms with E-state index in [1.807, 2.05) is 20.0 Å². The van der Waals surface area contributed by atoms with Crippen LogP contribution in [0.5, 0.6) is 0 Å². The minimum atomic E-state index is -0.252. The van der Waals surface area contributed by atoms with Gasteiger partial charge < -0.3 is 15.1 Å². The number of hydrogen-bond donors (Lipinski definition) is 2. The molecule has 128 valence electrons. The second-order valence-electron chi connectivity index (χ2n) is 6.61. The maximum absolute atomic E-state index is 12.5. The Morgan fingerprint density at radius 2 is 2.08 bits per heavy atom. The van der Waals surface area contributed by atoms with Crippen molar-refractivity contribution in [3.8, 4) is 0 Å². The molecule has 3 rings (SSSR count). The quantitative estimate of drug-likeness (QED) is 0.881. The van der Waals surface area contributed by atoms with Crippen molar-refractivity contribution in [1.82, 2.24) is 15.3 Å². The van der Waals surface area contributed by atoms with Crippen molar-refractivity contribution in [3.63, 3.8) is 0 Å². The van der Waals surface area contributed by atoms with E-state index in [1.54, 1.807) is 6.07 Å². The molecule has 0 unspecified atom stereocenters. The lowest BCUT2D eigenvalue weighted by Gasteiger charge is -2.38. The fourth-order valence-electron chi connectivity index (χ4n) is 3.24. The molecule has 0 saturated heterocycles. The van der Waals surface area contributed by atoms with Crippen molar-refractivity contribution < 1.29 is 9.21 Å². The number of carbonyl (C=O) groups excluding carboxylic acids is 1. The Kier molecular flexibility index (Phi) is 4.83. The van der Waals surface area contributed by atoms with Crippen LogP contribution in [0.4, 0.5) is 5.82 Å². The van der Waals surface area contributed by atoms with E-state index in [2.05, 4.69) is 20.6 Å². The Balaban J connectivity index is 1.73. The summed E-state index contributed by atoms with van der Waals surface area (Å²) in [5, 5.41) is 6.66. The molecule has 0 aromatic carbocycles. The molecule has 1 amide bonds. The van der Waals surface area contributed by atoms with Gasteiger partial charge in [0.15, 0.2) is 0 Å². The highest BCUT2D eigenvalue weighted by molar-refractivity contribution is 5.94. The number of rotatable bonds is 5. The van der Waals surface area contributed by atoms with Crippen LogP contribution in [0.1, 0.15) is 53.8 Å². The summed E-state index contributed by atoms with van der Waals surface area (Å²) in [6.45, 7) is 4.52. The van der Waals surface area contributed by atoms with E-state index in [9.17, 15) is 4.79 Å². The smallest absolute Gasteiger partial charge is 0.255 e. The molecule has 2 N–H and O–H groups in total. The van der Waals surface area contributed by atoms with Gasteiger partial charge in [-0.2, -0.15) is 0 Å². The number of anilines is 1. The van der Waals surface area contributed by atoms with E-state index < -0.39 is 0 Å². The lowest BCUT2D eigenvalue weighted by atomic mass is 9.81.